The summed E-state index contributed by atoms with van der Waals surface area (Å²) >= 11 is 0. The van der Waals surface area contributed by atoms with Crippen molar-refractivity contribution in [3.63, 3.8) is 0 Å². The Bertz CT molecular complexity index is 746. The van der Waals surface area contributed by atoms with Crippen molar-refractivity contribution in [1.82, 2.24) is 9.80 Å². The van der Waals surface area contributed by atoms with Gasteiger partial charge in [0.15, 0.2) is 0 Å². The first-order valence-corrected chi connectivity index (χ1v) is 10.0. The van der Waals surface area contributed by atoms with E-state index in [4.69, 9.17) is 0 Å². The van der Waals surface area contributed by atoms with Crippen LogP contribution < -0.4 is 0 Å². The van der Waals surface area contributed by atoms with Crippen molar-refractivity contribution in [2.24, 2.45) is 0 Å². The zero-order chi connectivity index (χ0) is 17.3. The van der Waals surface area contributed by atoms with E-state index in [2.05, 4.69) is 0 Å². The Balaban J connectivity index is 1.52. The van der Waals surface area contributed by atoms with Crippen LogP contribution in [0.3, 0.4) is 0 Å². The summed E-state index contributed by atoms with van der Waals surface area (Å²) in [4.78, 5) is 28.0. The van der Waals surface area contributed by atoms with E-state index < -0.39 is 9.84 Å². The molecule has 0 bridgehead atoms. The lowest BCUT2D eigenvalue weighted by molar-refractivity contribution is -0.132. The second-order valence-electron chi connectivity index (χ2n) is 6.52. The van der Waals surface area contributed by atoms with Gasteiger partial charge in [0.25, 0.3) is 5.91 Å². The molecule has 0 atom stereocenters. The van der Waals surface area contributed by atoms with Crippen LogP contribution in [0, 0.1) is 0 Å². The van der Waals surface area contributed by atoms with Crippen LogP contribution >= 0.6 is 0 Å². The summed E-state index contributed by atoms with van der Waals surface area (Å²) in [5.74, 6) is 0.234. The second kappa shape index (κ2) is 6.55. The summed E-state index contributed by atoms with van der Waals surface area (Å²) in [5, 5.41) is 0. The molecule has 2 heterocycles. The molecular weight excluding hydrogens is 328 g/mol. The van der Waals surface area contributed by atoms with Gasteiger partial charge in [-0.25, -0.2) is 8.42 Å². The smallest absolute Gasteiger partial charge is 0.254 e. The molecule has 0 spiro atoms. The van der Waals surface area contributed by atoms with Gasteiger partial charge in [0.1, 0.15) is 9.84 Å². The molecular formula is C17H22N2O4S. The minimum Gasteiger partial charge on any atom is -0.343 e. The van der Waals surface area contributed by atoms with Gasteiger partial charge >= 0.3 is 0 Å². The molecule has 0 saturated carbocycles. The normalized spacial score (nSPS) is 20.0. The molecule has 7 heteroatoms. The van der Waals surface area contributed by atoms with Crippen LogP contribution in [0.4, 0.5) is 0 Å². The van der Waals surface area contributed by atoms with Crippen molar-refractivity contribution in [2.45, 2.75) is 31.8 Å². The molecule has 130 valence electrons. The minimum absolute atomic E-state index is 0.0208. The van der Waals surface area contributed by atoms with E-state index in [0.29, 0.717) is 25.9 Å². The van der Waals surface area contributed by atoms with Crippen molar-refractivity contribution < 1.29 is 18.0 Å². The molecule has 1 saturated heterocycles. The van der Waals surface area contributed by atoms with E-state index >= 15 is 0 Å². The number of fused-ring (bicyclic) bond motifs is 1. The fourth-order valence-corrected chi connectivity index (χ4v) is 4.84. The molecule has 1 aromatic rings. The molecule has 2 amide bonds. The SMILES string of the molecule is CN(C(=O)CCN1Cc2ccccc2C1=O)C1CCS(=O)(=O)CC1. The molecule has 0 aromatic heterocycles. The van der Waals surface area contributed by atoms with Crippen LogP contribution in [-0.4, -0.2) is 61.2 Å². The average Bonchev–Trinajstić information content (AvgIpc) is 2.88. The number of carbonyl (C=O) groups excluding carboxylic acids is 2. The van der Waals surface area contributed by atoms with Gasteiger partial charge in [0, 0.05) is 38.2 Å². The Kier molecular flexibility index (Phi) is 4.62. The van der Waals surface area contributed by atoms with Crippen molar-refractivity contribution in [3.05, 3.63) is 35.4 Å². The van der Waals surface area contributed by atoms with E-state index in [1.54, 1.807) is 16.8 Å². The van der Waals surface area contributed by atoms with Gasteiger partial charge in [-0.15, -0.1) is 0 Å². The van der Waals surface area contributed by atoms with E-state index in [1.165, 1.54) is 0 Å². The van der Waals surface area contributed by atoms with Crippen LogP contribution in [0.25, 0.3) is 0 Å². The van der Waals surface area contributed by atoms with Gasteiger partial charge in [0.2, 0.25) is 5.91 Å². The number of sulfone groups is 1. The Hall–Kier alpha value is -1.89. The number of amides is 2. The van der Waals surface area contributed by atoms with E-state index in [1.807, 2.05) is 24.3 Å². The van der Waals surface area contributed by atoms with Gasteiger partial charge in [-0.3, -0.25) is 9.59 Å². The molecule has 1 aromatic carbocycles. The molecule has 6 nitrogen and oxygen atoms in total. The summed E-state index contributed by atoms with van der Waals surface area (Å²) in [6, 6.07) is 7.48. The lowest BCUT2D eigenvalue weighted by Crippen LogP contribution is -2.43. The average molecular weight is 350 g/mol. The monoisotopic (exact) mass is 350 g/mol. The number of hydrogen-bond acceptors (Lipinski definition) is 4. The molecule has 2 aliphatic heterocycles. The van der Waals surface area contributed by atoms with E-state index in [0.717, 1.165) is 11.1 Å². The third kappa shape index (κ3) is 3.45. The van der Waals surface area contributed by atoms with E-state index in [-0.39, 0.29) is 35.8 Å². The summed E-state index contributed by atoms with van der Waals surface area (Å²) in [5.41, 5.74) is 1.72. The number of hydrogen-bond donors (Lipinski definition) is 0. The van der Waals surface area contributed by atoms with Crippen molar-refractivity contribution in [1.29, 1.82) is 0 Å². The summed E-state index contributed by atoms with van der Waals surface area (Å²) in [6.07, 6.45) is 1.26. The number of carbonyl (C=O) groups is 2. The summed E-state index contributed by atoms with van der Waals surface area (Å²) in [6.45, 7) is 0.940. The lowest BCUT2D eigenvalue weighted by atomic mass is 10.1. The molecule has 2 aliphatic rings. The first-order valence-electron chi connectivity index (χ1n) is 8.20. The topological polar surface area (TPSA) is 74.8 Å². The molecule has 0 N–H and O–H groups in total. The third-order valence-electron chi connectivity index (χ3n) is 4.96. The number of nitrogens with zero attached hydrogens (tertiary/aromatic N) is 2. The standard InChI is InChI=1S/C17H22N2O4S/c1-18(14-7-10-24(22,23)11-8-14)16(20)6-9-19-12-13-4-2-3-5-15(13)17(19)21/h2-5,14H,6-12H2,1H3. The summed E-state index contributed by atoms with van der Waals surface area (Å²) in [7, 11) is -1.20. The van der Waals surface area contributed by atoms with Gasteiger partial charge in [0.05, 0.1) is 11.5 Å². The van der Waals surface area contributed by atoms with Crippen molar-refractivity contribution in [3.8, 4) is 0 Å². The quantitative estimate of drug-likeness (QED) is 0.814. The van der Waals surface area contributed by atoms with Crippen LogP contribution in [-0.2, 0) is 21.2 Å². The van der Waals surface area contributed by atoms with E-state index in [9.17, 15) is 18.0 Å². The Labute approximate surface area is 142 Å². The Morgan fingerprint density at radius 1 is 1.25 bits per heavy atom. The third-order valence-corrected chi connectivity index (χ3v) is 6.67. The van der Waals surface area contributed by atoms with Gasteiger partial charge in [-0.05, 0) is 24.5 Å². The molecule has 3 rings (SSSR count). The number of benzene rings is 1. The highest BCUT2D eigenvalue weighted by molar-refractivity contribution is 7.91. The predicted octanol–water partition coefficient (Wildman–Crippen LogP) is 1.07. The zero-order valence-electron chi connectivity index (χ0n) is 13.8. The Morgan fingerprint density at radius 2 is 1.92 bits per heavy atom. The fraction of sp³-hybridized carbons (Fsp3) is 0.529. The van der Waals surface area contributed by atoms with Gasteiger partial charge in [-0.2, -0.15) is 0 Å². The fourth-order valence-electron chi connectivity index (χ4n) is 3.37. The van der Waals surface area contributed by atoms with Gasteiger partial charge < -0.3 is 9.80 Å². The first-order chi connectivity index (χ1) is 11.4. The maximum atomic E-state index is 12.4. The predicted molar refractivity (Wildman–Crippen MR) is 90.2 cm³/mol. The number of rotatable bonds is 4. The van der Waals surface area contributed by atoms with Crippen molar-refractivity contribution in [2.75, 3.05) is 25.1 Å². The molecule has 0 unspecified atom stereocenters. The van der Waals surface area contributed by atoms with Crippen molar-refractivity contribution >= 4 is 21.7 Å². The maximum absolute atomic E-state index is 12.4. The highest BCUT2D eigenvalue weighted by atomic mass is 32.2. The largest absolute Gasteiger partial charge is 0.343 e. The molecule has 0 aliphatic carbocycles. The second-order valence-corrected chi connectivity index (χ2v) is 8.83. The highest BCUT2D eigenvalue weighted by Gasteiger charge is 2.30. The van der Waals surface area contributed by atoms with Crippen LogP contribution in [0.1, 0.15) is 35.2 Å². The van der Waals surface area contributed by atoms with Gasteiger partial charge in [-0.1, -0.05) is 18.2 Å². The first kappa shape index (κ1) is 17.0. The Morgan fingerprint density at radius 3 is 2.58 bits per heavy atom. The van der Waals surface area contributed by atoms with Crippen LogP contribution in [0.5, 0.6) is 0 Å². The molecule has 1 fully saturated rings. The highest BCUT2D eigenvalue weighted by Crippen LogP contribution is 2.23. The lowest BCUT2D eigenvalue weighted by Gasteiger charge is -2.31. The molecule has 24 heavy (non-hydrogen) atoms. The molecule has 0 radical (unpaired) electrons. The zero-order valence-corrected chi connectivity index (χ0v) is 14.6. The van der Waals surface area contributed by atoms with Crippen LogP contribution in [0.2, 0.25) is 0 Å². The summed E-state index contributed by atoms with van der Waals surface area (Å²) < 4.78 is 23.0. The maximum Gasteiger partial charge on any atom is 0.254 e. The van der Waals surface area contributed by atoms with Crippen LogP contribution in [0.15, 0.2) is 24.3 Å². The minimum atomic E-state index is -2.93.